The van der Waals surface area contributed by atoms with Crippen molar-refractivity contribution in [2.45, 2.75) is 13.8 Å². The number of aromatic carboxylic acids is 1. The topological polar surface area (TPSA) is 63.6 Å². The monoisotopic (exact) mass is 234 g/mol. The second kappa shape index (κ2) is 5.84. The quantitative estimate of drug-likeness (QED) is 0.628. The molecule has 0 spiro atoms. The van der Waals surface area contributed by atoms with E-state index in [4.69, 9.17) is 9.84 Å². The molecule has 1 aromatic carbocycles. The normalized spacial score (nSPS) is 9.53. The Morgan fingerprint density at radius 2 is 2.12 bits per heavy atom. The maximum absolute atomic E-state index is 10.8. The molecule has 4 nitrogen and oxygen atoms in total. The first-order valence-corrected chi connectivity index (χ1v) is 5.13. The first kappa shape index (κ1) is 13.0. The smallest absolute Gasteiger partial charge is 0.335 e. The average molecular weight is 234 g/mol. The molecule has 1 aromatic rings. The van der Waals surface area contributed by atoms with Crippen molar-refractivity contribution < 1.29 is 19.4 Å². The lowest BCUT2D eigenvalue weighted by atomic mass is 10.1. The largest absolute Gasteiger partial charge is 0.489 e. The van der Waals surface area contributed by atoms with E-state index in [1.165, 1.54) is 18.2 Å². The van der Waals surface area contributed by atoms with Crippen LogP contribution in [0.3, 0.4) is 0 Å². The third-order valence-electron chi connectivity index (χ3n) is 2.11. The van der Waals surface area contributed by atoms with E-state index in [1.807, 2.05) is 19.9 Å². The molecule has 4 heteroatoms. The van der Waals surface area contributed by atoms with E-state index in [9.17, 15) is 9.59 Å². The van der Waals surface area contributed by atoms with E-state index in [1.54, 1.807) is 0 Å². The van der Waals surface area contributed by atoms with Gasteiger partial charge in [0.1, 0.15) is 12.4 Å². The highest BCUT2D eigenvalue weighted by Crippen LogP contribution is 2.18. The number of rotatable bonds is 5. The fourth-order valence-corrected chi connectivity index (χ4v) is 1.20. The van der Waals surface area contributed by atoms with Gasteiger partial charge in [-0.15, -0.1) is 0 Å². The van der Waals surface area contributed by atoms with Crippen LogP contribution < -0.4 is 4.74 Å². The molecule has 0 aromatic heterocycles. The molecule has 0 radical (unpaired) electrons. The maximum atomic E-state index is 10.8. The van der Waals surface area contributed by atoms with Gasteiger partial charge >= 0.3 is 5.97 Å². The van der Waals surface area contributed by atoms with Gasteiger partial charge in [0.15, 0.2) is 6.29 Å². The Hall–Kier alpha value is -2.10. The average Bonchev–Trinajstić information content (AvgIpc) is 2.28. The van der Waals surface area contributed by atoms with Crippen molar-refractivity contribution in [3.63, 3.8) is 0 Å². The van der Waals surface area contributed by atoms with Crippen LogP contribution >= 0.6 is 0 Å². The Kier molecular flexibility index (Phi) is 4.46. The molecule has 0 fully saturated rings. The van der Waals surface area contributed by atoms with Crippen LogP contribution in [0.4, 0.5) is 0 Å². The number of benzene rings is 1. The van der Waals surface area contributed by atoms with Gasteiger partial charge in [0.25, 0.3) is 0 Å². The molecule has 0 bridgehead atoms. The Morgan fingerprint density at radius 1 is 1.41 bits per heavy atom. The molecular weight excluding hydrogens is 220 g/mol. The van der Waals surface area contributed by atoms with Crippen LogP contribution in [0.2, 0.25) is 0 Å². The third-order valence-corrected chi connectivity index (χ3v) is 2.11. The summed E-state index contributed by atoms with van der Waals surface area (Å²) < 4.78 is 5.37. The Labute approximate surface area is 99.5 Å². The second-order valence-corrected chi connectivity index (χ2v) is 3.77. The van der Waals surface area contributed by atoms with Gasteiger partial charge in [0.05, 0.1) is 11.1 Å². The molecule has 0 atom stereocenters. The van der Waals surface area contributed by atoms with Gasteiger partial charge in [-0.1, -0.05) is 5.57 Å². The van der Waals surface area contributed by atoms with Crippen LogP contribution in [0.1, 0.15) is 34.6 Å². The van der Waals surface area contributed by atoms with Crippen molar-refractivity contribution in [3.05, 3.63) is 41.0 Å². The Bertz CT molecular complexity index is 456. The van der Waals surface area contributed by atoms with E-state index in [2.05, 4.69) is 0 Å². The zero-order valence-corrected chi connectivity index (χ0v) is 9.77. The first-order chi connectivity index (χ1) is 8.04. The highest BCUT2D eigenvalue weighted by molar-refractivity contribution is 5.91. The number of allylic oxidation sites excluding steroid dienone is 1. The van der Waals surface area contributed by atoms with Crippen molar-refractivity contribution in [1.29, 1.82) is 0 Å². The maximum Gasteiger partial charge on any atom is 0.335 e. The van der Waals surface area contributed by atoms with Crippen LogP contribution in [0.25, 0.3) is 0 Å². The van der Waals surface area contributed by atoms with E-state index in [0.717, 1.165) is 5.57 Å². The number of carboxylic acid groups (broad SMARTS) is 1. The molecule has 0 saturated carbocycles. The van der Waals surface area contributed by atoms with Crippen molar-refractivity contribution in [3.8, 4) is 5.75 Å². The highest BCUT2D eigenvalue weighted by Gasteiger charge is 2.08. The molecule has 0 amide bonds. The molecule has 0 unspecified atom stereocenters. The molecule has 0 heterocycles. The highest BCUT2D eigenvalue weighted by atomic mass is 16.5. The first-order valence-electron chi connectivity index (χ1n) is 5.13. The van der Waals surface area contributed by atoms with Gasteiger partial charge < -0.3 is 9.84 Å². The summed E-state index contributed by atoms with van der Waals surface area (Å²) in [5.74, 6) is -0.675. The molecule has 17 heavy (non-hydrogen) atoms. The molecule has 0 saturated heterocycles. The van der Waals surface area contributed by atoms with Crippen molar-refractivity contribution in [2.75, 3.05) is 6.61 Å². The van der Waals surface area contributed by atoms with Gasteiger partial charge in [0, 0.05) is 0 Å². The molecular formula is C13H14O4. The second-order valence-electron chi connectivity index (χ2n) is 3.77. The predicted octanol–water partition coefficient (Wildman–Crippen LogP) is 2.54. The summed E-state index contributed by atoms with van der Waals surface area (Å²) in [6.07, 6.45) is 2.46. The predicted molar refractivity (Wildman–Crippen MR) is 63.7 cm³/mol. The van der Waals surface area contributed by atoms with Gasteiger partial charge in [-0.3, -0.25) is 4.79 Å². The minimum Gasteiger partial charge on any atom is -0.489 e. The number of ether oxygens (including phenoxy) is 1. The molecule has 0 aliphatic carbocycles. The van der Waals surface area contributed by atoms with Gasteiger partial charge in [0.2, 0.25) is 0 Å². The van der Waals surface area contributed by atoms with Crippen LogP contribution in [-0.4, -0.2) is 24.0 Å². The number of carbonyl (C=O) groups is 2. The van der Waals surface area contributed by atoms with E-state index < -0.39 is 5.97 Å². The lowest BCUT2D eigenvalue weighted by Gasteiger charge is -2.07. The van der Waals surface area contributed by atoms with Crippen LogP contribution in [-0.2, 0) is 0 Å². The minimum atomic E-state index is -1.07. The number of aldehydes is 1. The summed E-state index contributed by atoms with van der Waals surface area (Å²) in [7, 11) is 0. The van der Waals surface area contributed by atoms with E-state index >= 15 is 0 Å². The number of carboxylic acids is 1. The minimum absolute atomic E-state index is 0.0710. The van der Waals surface area contributed by atoms with E-state index in [-0.39, 0.29) is 11.1 Å². The number of hydrogen-bond acceptors (Lipinski definition) is 3. The summed E-state index contributed by atoms with van der Waals surface area (Å²) >= 11 is 0. The SMILES string of the molecule is CC(C)=CCOc1ccc(C(=O)O)cc1C=O. The van der Waals surface area contributed by atoms with Gasteiger partial charge in [-0.25, -0.2) is 4.79 Å². The molecule has 1 N–H and O–H groups in total. The Morgan fingerprint density at radius 3 is 2.65 bits per heavy atom. The van der Waals surface area contributed by atoms with Gasteiger partial charge in [-0.05, 0) is 38.1 Å². The summed E-state index contributed by atoms with van der Waals surface area (Å²) in [6.45, 7) is 4.24. The lowest BCUT2D eigenvalue weighted by molar-refractivity contribution is 0.0697. The molecule has 90 valence electrons. The zero-order valence-electron chi connectivity index (χ0n) is 9.77. The summed E-state index contributed by atoms with van der Waals surface area (Å²) in [4.78, 5) is 21.5. The Balaban J connectivity index is 2.89. The van der Waals surface area contributed by atoms with Gasteiger partial charge in [-0.2, -0.15) is 0 Å². The summed E-state index contributed by atoms with van der Waals surface area (Å²) in [6, 6.07) is 4.20. The van der Waals surface area contributed by atoms with Crippen LogP contribution in [0.5, 0.6) is 5.75 Å². The van der Waals surface area contributed by atoms with Crippen LogP contribution in [0.15, 0.2) is 29.8 Å². The third kappa shape index (κ3) is 3.75. The van der Waals surface area contributed by atoms with Crippen molar-refractivity contribution >= 4 is 12.3 Å². The number of carbonyl (C=O) groups excluding carboxylic acids is 1. The lowest BCUT2D eigenvalue weighted by Crippen LogP contribution is -2.01. The summed E-state index contributed by atoms with van der Waals surface area (Å²) in [5.41, 5.74) is 1.42. The summed E-state index contributed by atoms with van der Waals surface area (Å²) in [5, 5.41) is 8.78. The number of hydrogen-bond donors (Lipinski definition) is 1. The fraction of sp³-hybridized carbons (Fsp3) is 0.231. The standard InChI is InChI=1S/C13H14O4/c1-9(2)5-6-17-12-4-3-10(13(15)16)7-11(12)8-14/h3-5,7-8H,6H2,1-2H3,(H,15,16). The molecule has 0 aliphatic heterocycles. The van der Waals surface area contributed by atoms with Crippen LogP contribution in [0, 0.1) is 0 Å². The van der Waals surface area contributed by atoms with E-state index in [0.29, 0.717) is 18.6 Å². The van der Waals surface area contributed by atoms with Crippen molar-refractivity contribution in [1.82, 2.24) is 0 Å². The molecule has 1 rings (SSSR count). The zero-order chi connectivity index (χ0) is 12.8. The van der Waals surface area contributed by atoms with Crippen molar-refractivity contribution in [2.24, 2.45) is 0 Å². The molecule has 0 aliphatic rings. The fourth-order valence-electron chi connectivity index (χ4n) is 1.20.